The summed E-state index contributed by atoms with van der Waals surface area (Å²) < 4.78 is 6.19. The minimum Gasteiger partial charge on any atom is -0.307 e. The molecular formula is C50H29N3O2. The molecule has 0 saturated carbocycles. The van der Waals surface area contributed by atoms with Crippen LogP contribution in [-0.4, -0.2) is 13.5 Å². The minimum atomic E-state index is -0.285. The van der Waals surface area contributed by atoms with E-state index in [0.717, 1.165) is 55.1 Å². The van der Waals surface area contributed by atoms with Gasteiger partial charge in [0.15, 0.2) is 0 Å². The van der Waals surface area contributed by atoms with Crippen LogP contribution in [0, 0.1) is 0 Å². The van der Waals surface area contributed by atoms with Gasteiger partial charge in [-0.15, -0.1) is 0 Å². The van der Waals surface area contributed by atoms with E-state index in [4.69, 9.17) is 0 Å². The minimum absolute atomic E-state index is 0.285. The van der Waals surface area contributed by atoms with E-state index in [9.17, 15) is 9.59 Å². The number of rotatable bonds is 3. The van der Waals surface area contributed by atoms with E-state index in [1.807, 2.05) is 48.5 Å². The first-order valence-electron chi connectivity index (χ1n) is 18.5. The Labute approximate surface area is 313 Å². The first-order chi connectivity index (χ1) is 27.2. The van der Waals surface area contributed by atoms with Gasteiger partial charge >= 0.3 is 0 Å². The second-order valence-electron chi connectivity index (χ2n) is 14.4. The molecule has 0 aliphatic rings. The molecule has 0 spiro atoms. The Hall–Kier alpha value is -7.50. The number of hydrogen-bond donors (Lipinski definition) is 0. The van der Waals surface area contributed by atoms with Crippen LogP contribution in [0.5, 0.6) is 0 Å². The molecule has 0 radical (unpaired) electrons. The zero-order chi connectivity index (χ0) is 36.4. The zero-order valence-electron chi connectivity index (χ0n) is 29.4. The van der Waals surface area contributed by atoms with Gasteiger partial charge in [-0.1, -0.05) is 115 Å². The van der Waals surface area contributed by atoms with Crippen LogP contribution in [0.3, 0.4) is 0 Å². The van der Waals surface area contributed by atoms with Gasteiger partial charge < -0.3 is 9.13 Å². The molecule has 8 aromatic carbocycles. The molecule has 0 unspecified atom stereocenters. The fourth-order valence-corrected chi connectivity index (χ4v) is 9.21. The van der Waals surface area contributed by atoms with Crippen molar-refractivity contribution in [2.24, 2.45) is 0 Å². The molecule has 4 heterocycles. The molecule has 0 aliphatic heterocycles. The van der Waals surface area contributed by atoms with Crippen molar-refractivity contribution in [3.8, 4) is 22.5 Å². The van der Waals surface area contributed by atoms with E-state index in [1.165, 1.54) is 37.0 Å². The van der Waals surface area contributed by atoms with E-state index in [1.54, 1.807) is 0 Å². The Morgan fingerprint density at radius 3 is 1.22 bits per heavy atom. The fraction of sp³-hybridized carbons (Fsp3) is 0. The predicted octanol–water partition coefficient (Wildman–Crippen LogP) is 11.4. The van der Waals surface area contributed by atoms with Crippen molar-refractivity contribution < 1.29 is 0 Å². The number of nitrogens with zero attached hydrogens (tertiary/aromatic N) is 3. The maximum atomic E-state index is 13.8. The van der Waals surface area contributed by atoms with Gasteiger partial charge in [-0.3, -0.25) is 9.59 Å². The summed E-state index contributed by atoms with van der Waals surface area (Å²) >= 11 is 0. The highest BCUT2D eigenvalue weighted by Crippen LogP contribution is 2.42. The van der Waals surface area contributed by atoms with Crippen molar-refractivity contribution >= 4 is 81.4 Å². The van der Waals surface area contributed by atoms with E-state index in [2.05, 4.69) is 137 Å². The summed E-state index contributed by atoms with van der Waals surface area (Å²) in [7, 11) is 0. The summed E-state index contributed by atoms with van der Waals surface area (Å²) in [6, 6.07) is 60.8. The Morgan fingerprint density at radius 2 is 0.709 bits per heavy atom. The van der Waals surface area contributed by atoms with E-state index in [0.29, 0.717) is 16.3 Å². The van der Waals surface area contributed by atoms with Gasteiger partial charge in [0.2, 0.25) is 0 Å². The molecular weight excluding hydrogens is 675 g/mol. The van der Waals surface area contributed by atoms with Crippen LogP contribution in [0.1, 0.15) is 0 Å². The zero-order valence-corrected chi connectivity index (χ0v) is 29.4. The van der Waals surface area contributed by atoms with Gasteiger partial charge in [0.1, 0.15) is 0 Å². The second kappa shape index (κ2) is 11.0. The topological polar surface area (TPSA) is 48.4 Å². The summed E-state index contributed by atoms with van der Waals surface area (Å²) in [5, 5.41) is 9.35. The van der Waals surface area contributed by atoms with Gasteiger partial charge in [-0.25, -0.2) is 4.40 Å². The van der Waals surface area contributed by atoms with Crippen molar-refractivity contribution in [1.82, 2.24) is 13.5 Å². The highest BCUT2D eigenvalue weighted by Gasteiger charge is 2.22. The SMILES string of the molecule is O=c1c2ccccc2c2cc(-c3ccc(-n4c5ccccc5c5ccc6c7ccccc7n(-c7ccccc7)c6c54)cc3)cc3c4ccccc4c(=O)n1c23. The van der Waals surface area contributed by atoms with Crippen LogP contribution < -0.4 is 11.1 Å². The lowest BCUT2D eigenvalue weighted by Gasteiger charge is -2.15. The average Bonchev–Trinajstić information content (AvgIpc) is 3.77. The van der Waals surface area contributed by atoms with Crippen LogP contribution in [0.4, 0.5) is 0 Å². The van der Waals surface area contributed by atoms with Gasteiger partial charge in [0.05, 0.1) is 27.6 Å². The Balaban J connectivity index is 1.14. The van der Waals surface area contributed by atoms with E-state index >= 15 is 0 Å². The molecule has 256 valence electrons. The number of hydrogen-bond acceptors (Lipinski definition) is 2. The molecule has 0 aliphatic carbocycles. The molecule has 0 N–H and O–H groups in total. The standard InChI is InChI=1S/C50H29N3O2/c54-49-40-18-6-4-14-34(40)42-28-31(29-43-35-15-5-7-19-41(35)50(55)53(49)46(42)43)30-22-24-33(25-23-30)52-45-21-11-9-17-37(45)39-27-26-38-36-16-8-10-20-44(36)51(47(38)48(39)52)32-12-2-1-3-13-32/h1-29H. The quantitative estimate of drug-likeness (QED) is 0.136. The van der Waals surface area contributed by atoms with Crippen molar-refractivity contribution in [3.63, 3.8) is 0 Å². The van der Waals surface area contributed by atoms with Crippen LogP contribution >= 0.6 is 0 Å². The van der Waals surface area contributed by atoms with E-state index < -0.39 is 0 Å². The summed E-state index contributed by atoms with van der Waals surface area (Å²) in [6.07, 6.45) is 0. The van der Waals surface area contributed by atoms with Crippen molar-refractivity contribution in [3.05, 3.63) is 197 Å². The third-order valence-electron chi connectivity index (χ3n) is 11.6. The molecule has 5 nitrogen and oxygen atoms in total. The molecule has 0 bridgehead atoms. The van der Waals surface area contributed by atoms with Gasteiger partial charge in [-0.05, 0) is 82.6 Å². The lowest BCUT2D eigenvalue weighted by atomic mass is 9.94. The molecule has 12 aromatic rings. The summed E-state index contributed by atoms with van der Waals surface area (Å²) in [5.74, 6) is 0. The highest BCUT2D eigenvalue weighted by atomic mass is 16.2. The monoisotopic (exact) mass is 703 g/mol. The Kier molecular flexibility index (Phi) is 6.01. The molecule has 55 heavy (non-hydrogen) atoms. The Bertz CT molecular complexity index is 3580. The number of benzene rings is 8. The maximum absolute atomic E-state index is 13.8. The lowest BCUT2D eigenvalue weighted by Crippen LogP contribution is -2.27. The lowest BCUT2D eigenvalue weighted by molar-refractivity contribution is 1.09. The van der Waals surface area contributed by atoms with Crippen LogP contribution in [0.15, 0.2) is 186 Å². The number of pyridine rings is 2. The Morgan fingerprint density at radius 1 is 0.291 bits per heavy atom. The second-order valence-corrected chi connectivity index (χ2v) is 14.4. The van der Waals surface area contributed by atoms with E-state index in [-0.39, 0.29) is 11.1 Å². The third-order valence-corrected chi connectivity index (χ3v) is 11.6. The van der Waals surface area contributed by atoms with Crippen LogP contribution in [0.2, 0.25) is 0 Å². The molecule has 0 amide bonds. The first kappa shape index (κ1) is 30.0. The number of aromatic nitrogens is 3. The van der Waals surface area contributed by atoms with Crippen LogP contribution in [-0.2, 0) is 0 Å². The highest BCUT2D eigenvalue weighted by molar-refractivity contribution is 6.24. The molecule has 12 rings (SSSR count). The average molecular weight is 704 g/mol. The number of fused-ring (bicyclic) bond motifs is 11. The molecule has 0 atom stereocenters. The predicted molar refractivity (Wildman–Crippen MR) is 228 cm³/mol. The first-order valence-corrected chi connectivity index (χ1v) is 18.5. The van der Waals surface area contributed by atoms with Gasteiger partial charge in [0, 0.05) is 54.5 Å². The summed E-state index contributed by atoms with van der Waals surface area (Å²) in [6.45, 7) is 0. The molecule has 4 aromatic heterocycles. The summed E-state index contributed by atoms with van der Waals surface area (Å²) in [5.41, 5.74) is 8.98. The largest absolute Gasteiger partial charge is 0.307 e. The van der Waals surface area contributed by atoms with Crippen molar-refractivity contribution in [1.29, 1.82) is 0 Å². The third kappa shape index (κ3) is 4.01. The summed E-state index contributed by atoms with van der Waals surface area (Å²) in [4.78, 5) is 27.7. The smallest absolute Gasteiger partial charge is 0.266 e. The van der Waals surface area contributed by atoms with Crippen LogP contribution in [0.25, 0.3) is 104 Å². The van der Waals surface area contributed by atoms with Crippen molar-refractivity contribution in [2.45, 2.75) is 0 Å². The molecule has 0 fully saturated rings. The maximum Gasteiger partial charge on any atom is 0.266 e. The number of para-hydroxylation sites is 3. The van der Waals surface area contributed by atoms with Gasteiger partial charge in [-0.2, -0.15) is 0 Å². The normalized spacial score (nSPS) is 12.1. The van der Waals surface area contributed by atoms with Crippen molar-refractivity contribution in [2.75, 3.05) is 0 Å². The molecule has 5 heteroatoms. The van der Waals surface area contributed by atoms with Gasteiger partial charge in [0.25, 0.3) is 11.1 Å². The molecule has 0 saturated heterocycles. The fourth-order valence-electron chi connectivity index (χ4n) is 9.21.